The molecule has 1 aliphatic rings. The molecule has 1 fully saturated rings. The Hall–Kier alpha value is -1.20. The molecular weight excluding hydrogens is 298 g/mol. The van der Waals surface area contributed by atoms with E-state index in [2.05, 4.69) is 5.32 Å². The second kappa shape index (κ2) is 6.50. The number of carboxylic acids is 1. The molecule has 0 heterocycles. The van der Waals surface area contributed by atoms with Crippen molar-refractivity contribution in [3.05, 3.63) is 29.3 Å². The zero-order chi connectivity index (χ0) is 14.6. The van der Waals surface area contributed by atoms with E-state index in [4.69, 9.17) is 16.7 Å². The van der Waals surface area contributed by atoms with Crippen LogP contribution >= 0.6 is 23.4 Å². The van der Waals surface area contributed by atoms with Gasteiger partial charge in [0.1, 0.15) is 5.54 Å². The summed E-state index contributed by atoms with van der Waals surface area (Å²) in [6, 6.07) is 7.55. The molecule has 20 heavy (non-hydrogen) atoms. The van der Waals surface area contributed by atoms with Crippen LogP contribution in [0.3, 0.4) is 0 Å². The van der Waals surface area contributed by atoms with Crippen molar-refractivity contribution in [3.8, 4) is 0 Å². The summed E-state index contributed by atoms with van der Waals surface area (Å²) in [6.45, 7) is 0. The number of amides is 1. The van der Waals surface area contributed by atoms with Gasteiger partial charge < -0.3 is 10.4 Å². The first-order chi connectivity index (χ1) is 9.52. The van der Waals surface area contributed by atoms with Gasteiger partial charge in [-0.2, -0.15) is 0 Å². The molecule has 0 aliphatic heterocycles. The largest absolute Gasteiger partial charge is 0.480 e. The molecule has 6 heteroatoms. The molecule has 1 amide bonds. The average molecular weight is 314 g/mol. The lowest BCUT2D eigenvalue weighted by molar-refractivity contribution is -0.143. The summed E-state index contributed by atoms with van der Waals surface area (Å²) in [5.41, 5.74) is -0.972. The van der Waals surface area contributed by atoms with Crippen molar-refractivity contribution in [3.63, 3.8) is 0 Å². The molecule has 108 valence electrons. The van der Waals surface area contributed by atoms with Crippen molar-refractivity contribution in [2.24, 2.45) is 0 Å². The Kier molecular flexibility index (Phi) is 4.94. The number of carbonyl (C=O) groups excluding carboxylic acids is 1. The molecule has 0 saturated heterocycles. The Morgan fingerprint density at radius 2 is 1.95 bits per heavy atom. The molecular formula is C14H16ClNO3S. The van der Waals surface area contributed by atoms with Crippen LogP contribution in [0.2, 0.25) is 5.02 Å². The molecule has 2 rings (SSSR count). The Bertz CT molecular complexity index is 500. The molecule has 0 atom stereocenters. The first-order valence-electron chi connectivity index (χ1n) is 6.45. The van der Waals surface area contributed by atoms with Crippen molar-refractivity contribution in [1.82, 2.24) is 5.32 Å². The first kappa shape index (κ1) is 15.2. The molecule has 2 N–H and O–H groups in total. The summed E-state index contributed by atoms with van der Waals surface area (Å²) in [4.78, 5) is 23.7. The van der Waals surface area contributed by atoms with Crippen molar-refractivity contribution in [1.29, 1.82) is 0 Å². The maximum Gasteiger partial charge on any atom is 0.329 e. The summed E-state index contributed by atoms with van der Waals surface area (Å²) < 4.78 is 0. The van der Waals surface area contributed by atoms with Gasteiger partial charge in [0.25, 0.3) is 0 Å². The molecule has 0 unspecified atom stereocenters. The van der Waals surface area contributed by atoms with E-state index in [0.29, 0.717) is 24.3 Å². The van der Waals surface area contributed by atoms with Gasteiger partial charge in [0.2, 0.25) is 5.91 Å². The van der Waals surface area contributed by atoms with Gasteiger partial charge in [-0.3, -0.25) is 4.79 Å². The van der Waals surface area contributed by atoms with Crippen LogP contribution in [0.1, 0.15) is 25.7 Å². The van der Waals surface area contributed by atoms with E-state index < -0.39 is 11.5 Å². The molecule has 0 aromatic heterocycles. The third-order valence-electron chi connectivity index (χ3n) is 3.17. The van der Waals surface area contributed by atoms with Gasteiger partial charge in [0.15, 0.2) is 0 Å². The van der Waals surface area contributed by atoms with Crippen LogP contribution in [0.5, 0.6) is 0 Å². The number of hydrogen-bond acceptors (Lipinski definition) is 3. The van der Waals surface area contributed by atoms with E-state index in [-0.39, 0.29) is 5.91 Å². The highest BCUT2D eigenvalue weighted by molar-refractivity contribution is 7.99. The van der Waals surface area contributed by atoms with E-state index in [1.165, 1.54) is 0 Å². The van der Waals surface area contributed by atoms with Crippen LogP contribution in [0.15, 0.2) is 29.2 Å². The standard InChI is InChI=1S/C14H16ClNO3S/c15-10-3-5-11(6-4-10)20-9-1-2-12(17)16-14(7-8-14)13(18)19/h3-6H,1-2,7-9H2,(H,16,17)(H,18,19). The van der Waals surface area contributed by atoms with E-state index in [0.717, 1.165) is 17.1 Å². The average Bonchev–Trinajstić information content (AvgIpc) is 3.18. The highest BCUT2D eigenvalue weighted by Crippen LogP contribution is 2.35. The summed E-state index contributed by atoms with van der Waals surface area (Å²) in [5.74, 6) is -0.294. The number of benzene rings is 1. The monoisotopic (exact) mass is 313 g/mol. The van der Waals surface area contributed by atoms with Gasteiger partial charge in [0.05, 0.1) is 0 Å². The number of halogens is 1. The van der Waals surface area contributed by atoms with E-state index in [9.17, 15) is 9.59 Å². The molecule has 1 aliphatic carbocycles. The predicted molar refractivity (Wildman–Crippen MR) is 79.2 cm³/mol. The lowest BCUT2D eigenvalue weighted by Crippen LogP contribution is -2.42. The molecule has 1 aromatic rings. The number of aliphatic carboxylic acids is 1. The van der Waals surface area contributed by atoms with Crippen LogP contribution in [0, 0.1) is 0 Å². The van der Waals surface area contributed by atoms with E-state index in [1.807, 2.05) is 24.3 Å². The van der Waals surface area contributed by atoms with Crippen LogP contribution in [-0.4, -0.2) is 28.3 Å². The fourth-order valence-electron chi connectivity index (χ4n) is 1.80. The van der Waals surface area contributed by atoms with Crippen molar-refractivity contribution >= 4 is 35.2 Å². The summed E-state index contributed by atoms with van der Waals surface area (Å²) in [5, 5.41) is 12.3. The number of carbonyl (C=O) groups is 2. The third-order valence-corrected chi connectivity index (χ3v) is 4.52. The van der Waals surface area contributed by atoms with Gasteiger partial charge in [-0.25, -0.2) is 4.79 Å². The van der Waals surface area contributed by atoms with Crippen LogP contribution < -0.4 is 5.32 Å². The quantitative estimate of drug-likeness (QED) is 0.600. The maximum absolute atomic E-state index is 11.7. The van der Waals surface area contributed by atoms with Crippen molar-refractivity contribution in [2.75, 3.05) is 5.75 Å². The summed E-state index contributed by atoms with van der Waals surface area (Å²) >= 11 is 7.45. The van der Waals surface area contributed by atoms with Crippen LogP contribution in [0.25, 0.3) is 0 Å². The van der Waals surface area contributed by atoms with Crippen LogP contribution in [0.4, 0.5) is 0 Å². The maximum atomic E-state index is 11.7. The SMILES string of the molecule is O=C(CCCSc1ccc(Cl)cc1)NC1(C(=O)O)CC1. The molecule has 1 aromatic carbocycles. The third kappa shape index (κ3) is 4.15. The van der Waals surface area contributed by atoms with Gasteiger partial charge >= 0.3 is 5.97 Å². The second-order valence-electron chi connectivity index (χ2n) is 4.84. The fourth-order valence-corrected chi connectivity index (χ4v) is 2.78. The minimum Gasteiger partial charge on any atom is -0.480 e. The molecule has 0 bridgehead atoms. The normalized spacial score (nSPS) is 15.7. The van der Waals surface area contributed by atoms with Gasteiger partial charge in [-0.1, -0.05) is 11.6 Å². The fraction of sp³-hybridized carbons (Fsp3) is 0.429. The molecule has 0 spiro atoms. The number of nitrogens with one attached hydrogen (secondary N) is 1. The minimum absolute atomic E-state index is 0.179. The lowest BCUT2D eigenvalue weighted by Gasteiger charge is -2.12. The van der Waals surface area contributed by atoms with Gasteiger partial charge in [-0.15, -0.1) is 11.8 Å². The minimum atomic E-state index is -0.972. The van der Waals surface area contributed by atoms with Gasteiger partial charge in [-0.05, 0) is 49.3 Å². The van der Waals surface area contributed by atoms with E-state index in [1.54, 1.807) is 11.8 Å². The van der Waals surface area contributed by atoms with Crippen molar-refractivity contribution in [2.45, 2.75) is 36.1 Å². The highest BCUT2D eigenvalue weighted by Gasteiger charge is 2.51. The Labute approximate surface area is 126 Å². The number of hydrogen-bond donors (Lipinski definition) is 2. The number of thioether (sulfide) groups is 1. The predicted octanol–water partition coefficient (Wildman–Crippen LogP) is 2.95. The lowest BCUT2D eigenvalue weighted by atomic mass is 10.2. The van der Waals surface area contributed by atoms with Crippen molar-refractivity contribution < 1.29 is 14.7 Å². The number of carboxylic acid groups (broad SMARTS) is 1. The van der Waals surface area contributed by atoms with Crippen LogP contribution in [-0.2, 0) is 9.59 Å². The Balaban J connectivity index is 1.65. The molecule has 0 radical (unpaired) electrons. The zero-order valence-electron chi connectivity index (χ0n) is 10.9. The van der Waals surface area contributed by atoms with E-state index >= 15 is 0 Å². The zero-order valence-corrected chi connectivity index (χ0v) is 12.5. The van der Waals surface area contributed by atoms with Gasteiger partial charge in [0, 0.05) is 16.3 Å². The smallest absolute Gasteiger partial charge is 0.329 e. The number of rotatable bonds is 7. The molecule has 1 saturated carbocycles. The highest BCUT2D eigenvalue weighted by atomic mass is 35.5. The molecule has 4 nitrogen and oxygen atoms in total. The second-order valence-corrected chi connectivity index (χ2v) is 6.45. The topological polar surface area (TPSA) is 66.4 Å². The Morgan fingerprint density at radius 1 is 1.30 bits per heavy atom. The first-order valence-corrected chi connectivity index (χ1v) is 7.81. The summed E-state index contributed by atoms with van der Waals surface area (Å²) in [7, 11) is 0. The summed E-state index contributed by atoms with van der Waals surface area (Å²) in [6.07, 6.45) is 2.14. The Morgan fingerprint density at radius 3 is 2.50 bits per heavy atom.